The summed E-state index contributed by atoms with van der Waals surface area (Å²) in [6, 6.07) is 4.66. The Hall–Kier alpha value is -3.82. The molecule has 0 N–H and O–H groups in total. The number of halogens is 6. The molecule has 1 unspecified atom stereocenters. The maximum Gasteiger partial charge on any atom is 0.553 e. The van der Waals surface area contributed by atoms with Gasteiger partial charge in [-0.2, -0.15) is 35.5 Å². The minimum Gasteiger partial charge on any atom is -0.199 e. The molecule has 10 heteroatoms. The Morgan fingerprint density at radius 3 is 1.53 bits per heavy atom. The summed E-state index contributed by atoms with van der Waals surface area (Å²) in [5, 5.41) is 2.05. The number of hydrogen-bond donors (Lipinski definition) is 0. The average molecular weight is 813 g/mol. The van der Waals surface area contributed by atoms with Crippen molar-refractivity contribution >= 4 is 29.7 Å². The van der Waals surface area contributed by atoms with Crippen LogP contribution in [0.25, 0.3) is 18.2 Å². The number of allylic oxidation sites excluding steroid dienone is 5. The highest BCUT2D eigenvalue weighted by Crippen LogP contribution is 2.58. The van der Waals surface area contributed by atoms with Gasteiger partial charge in [-0.05, 0) is 117 Å². The van der Waals surface area contributed by atoms with Crippen molar-refractivity contribution in [2.75, 3.05) is 0 Å². The number of rotatable bonds is 8. The summed E-state index contributed by atoms with van der Waals surface area (Å²) < 4.78 is 101. The summed E-state index contributed by atoms with van der Waals surface area (Å²) >= 11 is 0. The van der Waals surface area contributed by atoms with E-state index in [2.05, 4.69) is 62.5 Å². The molecular formula is C49H54F6N4+2. The lowest BCUT2D eigenvalue weighted by molar-refractivity contribution is -0.836. The molecule has 1 spiro atoms. The van der Waals surface area contributed by atoms with Gasteiger partial charge in [-0.15, -0.1) is 0 Å². The molecule has 0 amide bonds. The lowest BCUT2D eigenvalue weighted by Gasteiger charge is -2.38. The first-order chi connectivity index (χ1) is 28.1. The van der Waals surface area contributed by atoms with Gasteiger partial charge in [0.25, 0.3) is 0 Å². The molecule has 0 aromatic carbocycles. The maximum atomic E-state index is 15.3. The van der Waals surface area contributed by atoms with E-state index in [9.17, 15) is 0 Å². The number of aromatic nitrogens is 2. The van der Waals surface area contributed by atoms with E-state index in [-0.39, 0.29) is 49.4 Å². The van der Waals surface area contributed by atoms with E-state index in [1.165, 1.54) is 36.8 Å². The van der Waals surface area contributed by atoms with Crippen molar-refractivity contribution in [3.63, 3.8) is 0 Å². The quantitative estimate of drug-likeness (QED) is 0.186. The Bertz CT molecular complexity index is 2570. The Balaban J connectivity index is 1.14. The molecule has 2 aromatic rings. The number of alkyl halides is 6. The zero-order valence-corrected chi connectivity index (χ0v) is 34.3. The van der Waals surface area contributed by atoms with E-state index in [1.54, 1.807) is 0 Å². The summed E-state index contributed by atoms with van der Waals surface area (Å²) in [5.41, 5.74) is 5.79. The number of hydrogen-bond acceptors (Lipinski definition) is 0. The predicted octanol–water partition coefficient (Wildman–Crippen LogP) is 10.7. The monoisotopic (exact) mass is 812 g/mol. The first kappa shape index (κ1) is 37.0. The summed E-state index contributed by atoms with van der Waals surface area (Å²) in [6.07, 6.45) is 17.7. The van der Waals surface area contributed by atoms with Crippen LogP contribution in [0, 0.1) is 21.7 Å². The summed E-state index contributed by atoms with van der Waals surface area (Å²) in [5.74, 6) is -1.13. The Morgan fingerprint density at radius 1 is 0.525 bits per heavy atom. The van der Waals surface area contributed by atoms with Gasteiger partial charge in [0.1, 0.15) is 0 Å². The molecule has 0 bridgehead atoms. The van der Waals surface area contributed by atoms with Crippen LogP contribution in [0.3, 0.4) is 0 Å². The van der Waals surface area contributed by atoms with Gasteiger partial charge < -0.3 is 0 Å². The predicted molar refractivity (Wildman–Crippen MR) is 216 cm³/mol. The van der Waals surface area contributed by atoms with Gasteiger partial charge in [-0.25, -0.2) is 0 Å². The van der Waals surface area contributed by atoms with E-state index < -0.39 is 29.1 Å². The number of nitrogens with zero attached hydrogens (tertiary/aromatic N) is 4. The van der Waals surface area contributed by atoms with Crippen LogP contribution in [0.4, 0.5) is 26.3 Å². The molecule has 8 heterocycles. The molecular weight excluding hydrogens is 759 g/mol. The fourth-order valence-corrected chi connectivity index (χ4v) is 14.2. The normalized spacial score (nSPS) is 28.3. The second-order valence-corrected chi connectivity index (χ2v) is 21.2. The first-order valence-corrected chi connectivity index (χ1v) is 22.6. The fourth-order valence-electron chi connectivity index (χ4n) is 14.2. The van der Waals surface area contributed by atoms with E-state index in [4.69, 9.17) is 0 Å². The second-order valence-electron chi connectivity index (χ2n) is 21.2. The molecule has 4 fully saturated rings. The molecule has 0 saturated heterocycles. The van der Waals surface area contributed by atoms with Crippen molar-refractivity contribution in [3.05, 3.63) is 86.1 Å². The third-order valence-corrected chi connectivity index (χ3v) is 17.2. The maximum absolute atomic E-state index is 15.3. The van der Waals surface area contributed by atoms with Gasteiger partial charge in [0.05, 0.1) is 39.0 Å². The van der Waals surface area contributed by atoms with Gasteiger partial charge in [0.2, 0.25) is 22.8 Å². The smallest absolute Gasteiger partial charge is 0.199 e. The fraction of sp³-hybridized carbons (Fsp3) is 0.592. The highest BCUT2D eigenvalue weighted by molar-refractivity contribution is 6.20. The van der Waals surface area contributed by atoms with Crippen LogP contribution in [0.15, 0.2) is 52.9 Å². The Kier molecular flexibility index (Phi) is 7.37. The topological polar surface area (TPSA) is 15.9 Å². The molecule has 4 aliphatic carbocycles. The minimum atomic E-state index is -4.35. The zero-order chi connectivity index (χ0) is 40.5. The molecule has 12 rings (SSSR count). The van der Waals surface area contributed by atoms with Crippen molar-refractivity contribution in [3.8, 4) is 0 Å². The van der Waals surface area contributed by atoms with Gasteiger partial charge in [-0.3, -0.25) is 0 Å². The van der Waals surface area contributed by atoms with Gasteiger partial charge >= 0.3 is 18.3 Å². The van der Waals surface area contributed by atoms with Crippen LogP contribution in [0.1, 0.15) is 152 Å². The Labute approximate surface area is 341 Å². The Morgan fingerprint density at radius 2 is 1.00 bits per heavy atom. The van der Waals surface area contributed by atoms with Crippen molar-refractivity contribution < 1.29 is 35.5 Å². The second kappa shape index (κ2) is 11.8. The molecule has 6 aliphatic heterocycles. The molecule has 310 valence electrons. The van der Waals surface area contributed by atoms with Crippen LogP contribution in [-0.4, -0.2) is 42.1 Å². The minimum absolute atomic E-state index is 0.107. The highest BCUT2D eigenvalue weighted by Gasteiger charge is 2.72. The first-order valence-electron chi connectivity index (χ1n) is 22.6. The average Bonchev–Trinajstić information content (AvgIpc) is 4.02. The third kappa shape index (κ3) is 4.86. The van der Waals surface area contributed by atoms with Crippen LogP contribution >= 0.6 is 0 Å². The lowest BCUT2D eigenvalue weighted by Crippen LogP contribution is -2.69. The van der Waals surface area contributed by atoms with Crippen molar-refractivity contribution in [2.45, 2.75) is 161 Å². The molecule has 4 saturated carbocycles. The van der Waals surface area contributed by atoms with E-state index in [0.717, 1.165) is 83.4 Å². The summed E-state index contributed by atoms with van der Waals surface area (Å²) in [4.78, 5) is 0. The standard InChI is InChI=1S/C49H54F6N4/c1-43(11-3-4-12-43)27-31-19-35-23-39-32(28-44(2)13-5-6-14-44)20-36-25-41-34(30-46(48(53,54)55)17-9-10-18-46)22-38-26-42-33(29-45(47(50,51)52)15-7-8-16-45)21-37-24-40(31)56(35)49(57(36)39,58(37)42)59(38)41/h19-26H,3-18,27-30H2,1-2H3/q+2. The van der Waals surface area contributed by atoms with Crippen molar-refractivity contribution in [1.82, 2.24) is 9.13 Å². The van der Waals surface area contributed by atoms with Crippen LogP contribution in [0.2, 0.25) is 0 Å². The molecule has 59 heavy (non-hydrogen) atoms. The van der Waals surface area contributed by atoms with Crippen LogP contribution in [0.5, 0.6) is 0 Å². The molecule has 0 radical (unpaired) electrons. The third-order valence-electron chi connectivity index (χ3n) is 17.2. The summed E-state index contributed by atoms with van der Waals surface area (Å²) in [6.45, 7) is 4.79. The zero-order valence-electron chi connectivity index (χ0n) is 34.3. The largest absolute Gasteiger partial charge is 0.553 e. The van der Waals surface area contributed by atoms with Crippen molar-refractivity contribution in [1.29, 1.82) is 0 Å². The van der Waals surface area contributed by atoms with Gasteiger partial charge in [0, 0.05) is 35.5 Å². The molecule has 2 aromatic heterocycles. The van der Waals surface area contributed by atoms with Gasteiger partial charge in [-0.1, -0.05) is 74.4 Å². The van der Waals surface area contributed by atoms with Crippen molar-refractivity contribution in [2.24, 2.45) is 21.7 Å². The van der Waals surface area contributed by atoms with Gasteiger partial charge in [0.15, 0.2) is 0 Å². The van der Waals surface area contributed by atoms with E-state index in [0.29, 0.717) is 36.8 Å². The molecule has 4 nitrogen and oxygen atoms in total. The molecule has 10 aliphatic rings. The summed E-state index contributed by atoms with van der Waals surface area (Å²) in [7, 11) is 0. The van der Waals surface area contributed by atoms with E-state index >= 15 is 26.3 Å². The SMILES string of the molecule is CC1(Cc2cc3n4c2C=C2C=C(CC5(C(F)(F)F)CCCC5)C5=[N+]2C42n4c(cc(CC6(C)CCCC6)c4=C3)=CC3=[N+]2C(=C5)C=C3CC2(C(F)(F)F)CCCC2)CCCC1. The van der Waals surface area contributed by atoms with Crippen LogP contribution in [-0.2, 0) is 18.8 Å². The molecule has 1 atom stereocenters. The van der Waals surface area contributed by atoms with E-state index in [1.807, 2.05) is 18.2 Å². The van der Waals surface area contributed by atoms with Crippen LogP contribution < -0.4 is 10.7 Å². The lowest BCUT2D eigenvalue weighted by atomic mass is 9.78. The highest BCUT2D eigenvalue weighted by atomic mass is 19.4.